The third-order valence-electron chi connectivity index (χ3n) is 6.33. The van der Waals surface area contributed by atoms with Crippen LogP contribution in [0.2, 0.25) is 0 Å². The van der Waals surface area contributed by atoms with Gasteiger partial charge in [-0.3, -0.25) is 0 Å². The van der Waals surface area contributed by atoms with E-state index >= 15 is 0 Å². The van der Waals surface area contributed by atoms with Crippen molar-refractivity contribution < 1.29 is 9.47 Å². The summed E-state index contributed by atoms with van der Waals surface area (Å²) in [6.07, 6.45) is 3.72. The molecule has 2 aliphatic rings. The summed E-state index contributed by atoms with van der Waals surface area (Å²) < 4.78 is 12.5. The van der Waals surface area contributed by atoms with E-state index < -0.39 is 0 Å². The zero-order chi connectivity index (χ0) is 18.9. The normalized spacial score (nSPS) is 26.1. The van der Waals surface area contributed by atoms with Gasteiger partial charge in [-0.1, -0.05) is 33.8 Å². The average molecular weight is 357 g/mol. The first-order chi connectivity index (χ1) is 12.4. The number of pyridine rings is 1. The molecule has 0 aliphatic carbocycles. The van der Waals surface area contributed by atoms with Gasteiger partial charge < -0.3 is 9.47 Å². The number of nitrogens with zero attached hydrogens (tertiary/aromatic N) is 3. The van der Waals surface area contributed by atoms with E-state index in [1.807, 2.05) is 18.2 Å². The second-order valence-corrected chi connectivity index (χ2v) is 7.38. The fourth-order valence-corrected chi connectivity index (χ4v) is 4.08. The van der Waals surface area contributed by atoms with Crippen molar-refractivity contribution in [3.63, 3.8) is 0 Å². The van der Waals surface area contributed by atoms with E-state index in [9.17, 15) is 0 Å². The van der Waals surface area contributed by atoms with Gasteiger partial charge in [0, 0.05) is 0 Å². The second-order valence-electron chi connectivity index (χ2n) is 7.38. The van der Waals surface area contributed by atoms with Crippen molar-refractivity contribution in [2.24, 2.45) is 9.98 Å². The van der Waals surface area contributed by atoms with Crippen LogP contribution in [0.5, 0.6) is 0 Å². The van der Waals surface area contributed by atoms with Gasteiger partial charge in [-0.05, 0) is 51.7 Å². The molecule has 142 valence electrons. The summed E-state index contributed by atoms with van der Waals surface area (Å²) in [6, 6.07) is 6.13. The molecule has 3 rings (SSSR count). The van der Waals surface area contributed by atoms with Crippen LogP contribution >= 0.6 is 0 Å². The molecule has 0 spiro atoms. The first kappa shape index (κ1) is 18.9. The molecule has 2 atom stereocenters. The Morgan fingerprint density at radius 1 is 0.769 bits per heavy atom. The molecule has 0 saturated carbocycles. The van der Waals surface area contributed by atoms with Crippen molar-refractivity contribution in [1.82, 2.24) is 4.98 Å². The quantitative estimate of drug-likeness (QED) is 0.751. The van der Waals surface area contributed by atoms with Gasteiger partial charge in [-0.25, -0.2) is 15.0 Å². The molecular formula is C21H31N3O2. The minimum absolute atomic E-state index is 0.130. The van der Waals surface area contributed by atoms with Crippen molar-refractivity contribution in [3.8, 4) is 0 Å². The van der Waals surface area contributed by atoms with Crippen LogP contribution in [-0.4, -0.2) is 40.1 Å². The van der Waals surface area contributed by atoms with Crippen molar-refractivity contribution >= 4 is 11.8 Å². The lowest BCUT2D eigenvalue weighted by atomic mass is 9.90. The van der Waals surface area contributed by atoms with Crippen molar-refractivity contribution in [1.29, 1.82) is 0 Å². The van der Waals surface area contributed by atoms with Gasteiger partial charge in [-0.2, -0.15) is 0 Å². The van der Waals surface area contributed by atoms with Crippen LogP contribution in [0.3, 0.4) is 0 Å². The van der Waals surface area contributed by atoms with Gasteiger partial charge in [0.15, 0.2) is 0 Å². The molecular weight excluding hydrogens is 326 g/mol. The minimum Gasteiger partial charge on any atom is -0.468 e. The van der Waals surface area contributed by atoms with Crippen LogP contribution in [0.1, 0.15) is 78.6 Å². The van der Waals surface area contributed by atoms with Crippen LogP contribution in [-0.2, 0) is 9.47 Å². The zero-order valence-electron chi connectivity index (χ0n) is 16.9. The fourth-order valence-electron chi connectivity index (χ4n) is 4.08. The van der Waals surface area contributed by atoms with Crippen molar-refractivity contribution in [3.05, 3.63) is 29.6 Å². The lowest BCUT2D eigenvalue weighted by molar-refractivity contribution is 0.0523. The second kappa shape index (κ2) is 7.01. The summed E-state index contributed by atoms with van der Waals surface area (Å²) in [7, 11) is 0. The Kier molecular flexibility index (Phi) is 5.09. The lowest BCUT2D eigenvalue weighted by Crippen LogP contribution is -2.37. The Morgan fingerprint density at radius 2 is 1.15 bits per heavy atom. The molecule has 1 aromatic rings. The molecule has 0 unspecified atom stereocenters. The molecule has 5 nitrogen and oxygen atoms in total. The molecule has 0 radical (unpaired) electrons. The van der Waals surface area contributed by atoms with E-state index in [1.165, 1.54) is 0 Å². The van der Waals surface area contributed by atoms with Crippen molar-refractivity contribution in [2.75, 3.05) is 0 Å². The molecule has 2 aliphatic heterocycles. The molecule has 0 bridgehead atoms. The average Bonchev–Trinajstić information content (AvgIpc) is 3.19. The smallest absolute Gasteiger partial charge is 0.236 e. The van der Waals surface area contributed by atoms with Crippen LogP contribution in [0.15, 0.2) is 28.2 Å². The summed E-state index contributed by atoms with van der Waals surface area (Å²) >= 11 is 0. The number of rotatable bonds is 6. The van der Waals surface area contributed by atoms with E-state index in [2.05, 4.69) is 41.5 Å². The van der Waals surface area contributed by atoms with E-state index in [0.29, 0.717) is 11.8 Å². The summed E-state index contributed by atoms with van der Waals surface area (Å²) in [5.74, 6) is 1.26. The van der Waals surface area contributed by atoms with Crippen LogP contribution in [0.4, 0.5) is 0 Å². The van der Waals surface area contributed by atoms with Crippen LogP contribution < -0.4 is 0 Å². The van der Waals surface area contributed by atoms with Gasteiger partial charge in [-0.15, -0.1) is 0 Å². The molecule has 0 N–H and O–H groups in total. The zero-order valence-corrected chi connectivity index (χ0v) is 16.9. The first-order valence-corrected chi connectivity index (χ1v) is 9.95. The van der Waals surface area contributed by atoms with E-state index in [1.54, 1.807) is 0 Å². The Balaban J connectivity index is 1.87. The van der Waals surface area contributed by atoms with Gasteiger partial charge >= 0.3 is 0 Å². The van der Waals surface area contributed by atoms with Crippen LogP contribution in [0, 0.1) is 0 Å². The highest BCUT2D eigenvalue weighted by molar-refractivity contribution is 5.97. The topological polar surface area (TPSA) is 56.1 Å². The van der Waals surface area contributed by atoms with Gasteiger partial charge in [0.2, 0.25) is 11.8 Å². The first-order valence-electron chi connectivity index (χ1n) is 9.95. The molecule has 5 heteroatoms. The Labute approximate surface area is 156 Å². The Hall–Kier alpha value is -1.91. The number of aromatic nitrogens is 1. The SMILES string of the molecule is CCC1(CC)OC(c2cccc(C3=N[C@@H](C)C(CC)(CC)O3)n2)=N[C@H]1C. The summed E-state index contributed by atoms with van der Waals surface area (Å²) in [5, 5.41) is 0. The van der Waals surface area contributed by atoms with E-state index in [4.69, 9.17) is 24.4 Å². The summed E-state index contributed by atoms with van der Waals surface area (Å²) in [4.78, 5) is 14.3. The fraction of sp³-hybridized carbons (Fsp3) is 0.667. The third-order valence-corrected chi connectivity index (χ3v) is 6.33. The molecule has 1 aromatic heterocycles. The number of hydrogen-bond acceptors (Lipinski definition) is 5. The van der Waals surface area contributed by atoms with E-state index in [0.717, 1.165) is 37.1 Å². The monoisotopic (exact) mass is 357 g/mol. The molecule has 0 saturated heterocycles. The largest absolute Gasteiger partial charge is 0.468 e. The van der Waals surface area contributed by atoms with Gasteiger partial charge in [0.1, 0.15) is 22.6 Å². The minimum atomic E-state index is -0.220. The van der Waals surface area contributed by atoms with Crippen LogP contribution in [0.25, 0.3) is 0 Å². The Bertz CT molecular complexity index is 660. The summed E-state index contributed by atoms with van der Waals surface area (Å²) in [6.45, 7) is 12.8. The molecule has 0 aromatic carbocycles. The molecule has 3 heterocycles. The highest BCUT2D eigenvalue weighted by atomic mass is 16.5. The lowest BCUT2D eigenvalue weighted by Gasteiger charge is -2.29. The standard InChI is InChI=1S/C21H31N3O2/c1-7-20(8-2)14(5)22-18(25-20)16-12-11-13-17(24-16)19-23-15(6)21(9-3,10-4)26-19/h11-15H,7-10H2,1-6H3/t14-,15-/m0/s1. The molecule has 26 heavy (non-hydrogen) atoms. The maximum atomic E-state index is 6.27. The van der Waals surface area contributed by atoms with E-state index in [-0.39, 0.29) is 23.3 Å². The highest BCUT2D eigenvalue weighted by Crippen LogP contribution is 2.35. The predicted octanol–water partition coefficient (Wildman–Crippen LogP) is 4.53. The molecule has 0 amide bonds. The Morgan fingerprint density at radius 3 is 1.46 bits per heavy atom. The number of aliphatic imine (C=N–C) groups is 2. The summed E-state index contributed by atoms with van der Waals surface area (Å²) in [5.41, 5.74) is 1.07. The number of hydrogen-bond donors (Lipinski definition) is 0. The number of ether oxygens (including phenoxy) is 2. The predicted molar refractivity (Wildman–Crippen MR) is 105 cm³/mol. The highest BCUT2D eigenvalue weighted by Gasteiger charge is 2.43. The maximum Gasteiger partial charge on any atom is 0.236 e. The third kappa shape index (κ3) is 2.91. The molecule has 0 fully saturated rings. The van der Waals surface area contributed by atoms with Gasteiger partial charge in [0.05, 0.1) is 12.1 Å². The maximum absolute atomic E-state index is 6.27. The van der Waals surface area contributed by atoms with Gasteiger partial charge in [0.25, 0.3) is 0 Å². The van der Waals surface area contributed by atoms with Crippen molar-refractivity contribution in [2.45, 2.75) is 90.5 Å².